The summed E-state index contributed by atoms with van der Waals surface area (Å²) in [6.07, 6.45) is 4.72. The van der Waals surface area contributed by atoms with Gasteiger partial charge in [0.2, 0.25) is 5.95 Å². The molecule has 0 radical (unpaired) electrons. The normalized spacial score (nSPS) is 18.0. The van der Waals surface area contributed by atoms with E-state index < -0.39 is 23.5 Å². The van der Waals surface area contributed by atoms with E-state index in [4.69, 9.17) is 0 Å². The number of hydrogen-bond donors (Lipinski definition) is 0. The van der Waals surface area contributed by atoms with Crippen molar-refractivity contribution in [3.05, 3.63) is 59.2 Å². The number of hydrazone groups is 1. The van der Waals surface area contributed by atoms with Crippen LogP contribution >= 0.6 is 0 Å². The second-order valence-electron chi connectivity index (χ2n) is 8.52. The highest BCUT2D eigenvalue weighted by Crippen LogP contribution is 2.31. The number of piperazine rings is 1. The summed E-state index contributed by atoms with van der Waals surface area (Å²) in [7, 11) is 1.72. The number of benzene rings is 1. The molecule has 5 rings (SSSR count). The van der Waals surface area contributed by atoms with E-state index in [2.05, 4.69) is 20.2 Å². The molecule has 1 aromatic carbocycles. The number of aryl methyl sites for hydroxylation is 2. The van der Waals surface area contributed by atoms with Gasteiger partial charge in [-0.25, -0.2) is 32.9 Å². The monoisotopic (exact) mass is 484 g/mol. The number of amides is 2. The molecule has 1 saturated heterocycles. The molecule has 4 heterocycles. The van der Waals surface area contributed by atoms with Crippen molar-refractivity contribution >= 4 is 18.2 Å². The molecule has 1 unspecified atom stereocenters. The lowest BCUT2D eigenvalue weighted by molar-refractivity contribution is 0.139. The van der Waals surface area contributed by atoms with Crippen LogP contribution in [0.3, 0.4) is 0 Å². The van der Waals surface area contributed by atoms with Gasteiger partial charge in [-0.05, 0) is 30.2 Å². The molecule has 0 spiro atoms. The summed E-state index contributed by atoms with van der Waals surface area (Å²) < 4.78 is 43.5. The molecule has 0 N–H and O–H groups in total. The van der Waals surface area contributed by atoms with Gasteiger partial charge in [0, 0.05) is 51.9 Å². The van der Waals surface area contributed by atoms with Gasteiger partial charge in [0.15, 0.2) is 5.82 Å². The Morgan fingerprint density at radius 2 is 1.74 bits per heavy atom. The van der Waals surface area contributed by atoms with Crippen LogP contribution in [0.15, 0.2) is 35.7 Å². The lowest BCUT2D eigenvalue weighted by Gasteiger charge is -2.37. The zero-order chi connectivity index (χ0) is 24.7. The van der Waals surface area contributed by atoms with Crippen LogP contribution in [0.2, 0.25) is 0 Å². The fourth-order valence-corrected chi connectivity index (χ4v) is 4.45. The molecule has 182 valence electrons. The first-order valence-electron chi connectivity index (χ1n) is 11.1. The van der Waals surface area contributed by atoms with Crippen LogP contribution in [0.4, 0.5) is 23.9 Å². The Morgan fingerprint density at radius 1 is 1.03 bits per heavy atom. The van der Waals surface area contributed by atoms with Crippen molar-refractivity contribution in [2.45, 2.75) is 19.4 Å². The van der Waals surface area contributed by atoms with Crippen LogP contribution < -0.4 is 4.90 Å². The summed E-state index contributed by atoms with van der Waals surface area (Å²) in [6, 6.07) is 2.31. The van der Waals surface area contributed by atoms with Crippen molar-refractivity contribution in [3.63, 3.8) is 0 Å². The molecule has 0 bridgehead atoms. The molecule has 12 heteroatoms. The summed E-state index contributed by atoms with van der Waals surface area (Å²) in [5.74, 6) is -1.58. The van der Waals surface area contributed by atoms with E-state index in [1.807, 2.05) is 11.8 Å². The molecule has 3 aromatic rings. The Balaban J connectivity index is 1.29. The second-order valence-corrected chi connectivity index (χ2v) is 8.52. The van der Waals surface area contributed by atoms with Crippen LogP contribution in [-0.4, -0.2) is 68.1 Å². The smallest absolute Gasteiger partial charge is 0.337 e. The summed E-state index contributed by atoms with van der Waals surface area (Å²) in [5.41, 5.74) is 1.89. The number of carbonyl (C=O) groups is 1. The number of carbonyl (C=O) groups excluding carboxylic acids is 1. The zero-order valence-corrected chi connectivity index (χ0v) is 19.2. The minimum atomic E-state index is -0.701. The Bertz CT molecular complexity index is 1260. The predicted molar refractivity (Wildman–Crippen MR) is 122 cm³/mol. The van der Waals surface area contributed by atoms with Crippen molar-refractivity contribution in [2.75, 3.05) is 31.1 Å². The number of aromatic nitrogens is 4. The first-order chi connectivity index (χ1) is 16.8. The van der Waals surface area contributed by atoms with E-state index in [1.165, 1.54) is 17.1 Å². The molecule has 0 saturated carbocycles. The van der Waals surface area contributed by atoms with E-state index >= 15 is 0 Å². The van der Waals surface area contributed by atoms with Crippen molar-refractivity contribution in [2.24, 2.45) is 12.1 Å². The molecular weight excluding hydrogens is 461 g/mol. The van der Waals surface area contributed by atoms with Gasteiger partial charge in [0.25, 0.3) is 0 Å². The highest BCUT2D eigenvalue weighted by molar-refractivity contribution is 5.78. The molecule has 2 aliphatic rings. The van der Waals surface area contributed by atoms with E-state index in [1.54, 1.807) is 29.0 Å². The SMILES string of the molecule is Cc1cnn(C)c1-c1nc(N2CCN(C(=O)N3N=CCC3c3cc(F)cc(F)c3)CC2)ncc1F. The standard InChI is InChI=1S/C23H23F3N8O/c1-14-12-29-31(2)21(14)20-18(26)13-27-22(30-20)32-5-7-33(8-6-32)23(35)34-19(3-4-28-34)15-9-16(24)11-17(25)10-15/h4,9-13,19H,3,5-8H2,1-2H3. The van der Waals surface area contributed by atoms with Crippen LogP contribution in [0.5, 0.6) is 0 Å². The third-order valence-electron chi connectivity index (χ3n) is 6.21. The number of halogens is 3. The van der Waals surface area contributed by atoms with Gasteiger partial charge in [-0.2, -0.15) is 10.2 Å². The summed E-state index contributed by atoms with van der Waals surface area (Å²) >= 11 is 0. The second kappa shape index (κ2) is 9.01. The highest BCUT2D eigenvalue weighted by Gasteiger charge is 2.34. The lowest BCUT2D eigenvalue weighted by atomic mass is 10.0. The van der Waals surface area contributed by atoms with Gasteiger partial charge in [-0.15, -0.1) is 0 Å². The molecular formula is C23H23F3N8O. The van der Waals surface area contributed by atoms with Gasteiger partial charge < -0.3 is 9.80 Å². The van der Waals surface area contributed by atoms with E-state index in [0.29, 0.717) is 49.8 Å². The quantitative estimate of drug-likeness (QED) is 0.570. The average Bonchev–Trinajstić information content (AvgIpc) is 3.45. The molecule has 2 amide bonds. The third-order valence-corrected chi connectivity index (χ3v) is 6.21. The zero-order valence-electron chi connectivity index (χ0n) is 19.2. The largest absolute Gasteiger partial charge is 0.341 e. The lowest BCUT2D eigenvalue weighted by Crippen LogP contribution is -2.52. The molecule has 35 heavy (non-hydrogen) atoms. The van der Waals surface area contributed by atoms with Crippen LogP contribution in [0, 0.1) is 24.4 Å². The number of hydrogen-bond acceptors (Lipinski definition) is 6. The number of anilines is 1. The minimum Gasteiger partial charge on any atom is -0.337 e. The van der Waals surface area contributed by atoms with Gasteiger partial charge in [-0.3, -0.25) is 4.68 Å². The van der Waals surface area contributed by atoms with Crippen molar-refractivity contribution in [1.82, 2.24) is 29.7 Å². The van der Waals surface area contributed by atoms with Gasteiger partial charge >= 0.3 is 6.03 Å². The number of nitrogens with zero attached hydrogens (tertiary/aromatic N) is 8. The molecule has 1 atom stereocenters. The number of rotatable bonds is 3. The van der Waals surface area contributed by atoms with Gasteiger partial charge in [0.05, 0.1) is 24.1 Å². The Hall–Kier alpha value is -3.96. The Kier molecular flexibility index (Phi) is 5.87. The molecule has 2 aromatic heterocycles. The molecule has 1 fully saturated rings. The summed E-state index contributed by atoms with van der Waals surface area (Å²) in [6.45, 7) is 3.40. The predicted octanol–water partition coefficient (Wildman–Crippen LogP) is 3.28. The highest BCUT2D eigenvalue weighted by atomic mass is 19.1. The maximum atomic E-state index is 14.5. The molecule has 0 aliphatic carbocycles. The van der Waals surface area contributed by atoms with Crippen molar-refractivity contribution < 1.29 is 18.0 Å². The van der Waals surface area contributed by atoms with Crippen LogP contribution in [0.1, 0.15) is 23.6 Å². The Morgan fingerprint density at radius 3 is 2.40 bits per heavy atom. The fraction of sp³-hybridized carbons (Fsp3) is 0.348. The third kappa shape index (κ3) is 4.31. The molecule has 2 aliphatic heterocycles. The van der Waals surface area contributed by atoms with E-state index in [0.717, 1.165) is 17.8 Å². The average molecular weight is 484 g/mol. The van der Waals surface area contributed by atoms with E-state index in [-0.39, 0.29) is 11.7 Å². The van der Waals surface area contributed by atoms with E-state index in [9.17, 15) is 18.0 Å². The van der Waals surface area contributed by atoms with Crippen LogP contribution in [-0.2, 0) is 7.05 Å². The van der Waals surface area contributed by atoms with Crippen LogP contribution in [0.25, 0.3) is 11.4 Å². The summed E-state index contributed by atoms with van der Waals surface area (Å²) in [5, 5.41) is 9.58. The fourth-order valence-electron chi connectivity index (χ4n) is 4.45. The molecule has 9 nitrogen and oxygen atoms in total. The minimum absolute atomic E-state index is 0.169. The Labute approximate surface area is 199 Å². The van der Waals surface area contributed by atoms with Gasteiger partial charge in [-0.1, -0.05) is 0 Å². The van der Waals surface area contributed by atoms with Gasteiger partial charge in [0.1, 0.15) is 17.3 Å². The van der Waals surface area contributed by atoms with Crippen molar-refractivity contribution in [1.29, 1.82) is 0 Å². The maximum absolute atomic E-state index is 14.5. The first-order valence-corrected chi connectivity index (χ1v) is 11.1. The maximum Gasteiger partial charge on any atom is 0.341 e. The first kappa shape index (κ1) is 22.8. The topological polar surface area (TPSA) is 82.8 Å². The summed E-state index contributed by atoms with van der Waals surface area (Å²) in [4.78, 5) is 25.3. The number of urea groups is 1. The van der Waals surface area contributed by atoms with Crippen molar-refractivity contribution in [3.8, 4) is 11.4 Å².